The SMILES string of the molecule is C=CCN(CC(F)(F)F)C(=O)CCc1nc(-c2ccco2)no1. The molecule has 2 heterocycles. The number of hydrogen-bond acceptors (Lipinski definition) is 5. The molecule has 2 rings (SSSR count). The third-order valence-corrected chi connectivity index (χ3v) is 2.83. The Morgan fingerprint density at radius 2 is 2.22 bits per heavy atom. The Morgan fingerprint density at radius 3 is 2.83 bits per heavy atom. The van der Waals surface area contributed by atoms with Crippen molar-refractivity contribution < 1.29 is 26.9 Å². The lowest BCUT2D eigenvalue weighted by Crippen LogP contribution is -2.39. The molecule has 0 aliphatic rings. The Balaban J connectivity index is 1.93. The van der Waals surface area contributed by atoms with Crippen LogP contribution < -0.4 is 0 Å². The normalized spacial score (nSPS) is 11.4. The van der Waals surface area contributed by atoms with Crippen molar-refractivity contribution in [1.82, 2.24) is 15.0 Å². The lowest BCUT2D eigenvalue weighted by molar-refractivity contribution is -0.160. The van der Waals surface area contributed by atoms with Gasteiger partial charge in [-0.25, -0.2) is 0 Å². The third-order valence-electron chi connectivity index (χ3n) is 2.83. The minimum Gasteiger partial charge on any atom is -0.461 e. The smallest absolute Gasteiger partial charge is 0.406 e. The van der Waals surface area contributed by atoms with Crippen molar-refractivity contribution in [2.24, 2.45) is 0 Å². The van der Waals surface area contributed by atoms with Crippen LogP contribution in [0.3, 0.4) is 0 Å². The van der Waals surface area contributed by atoms with Gasteiger partial charge in [-0.05, 0) is 12.1 Å². The molecule has 1 amide bonds. The van der Waals surface area contributed by atoms with Gasteiger partial charge < -0.3 is 13.8 Å². The summed E-state index contributed by atoms with van der Waals surface area (Å²) in [6, 6.07) is 3.29. The number of carbonyl (C=O) groups excluding carboxylic acids is 1. The lowest BCUT2D eigenvalue weighted by atomic mass is 10.2. The molecule has 0 radical (unpaired) electrons. The monoisotopic (exact) mass is 329 g/mol. The number of amides is 1. The van der Waals surface area contributed by atoms with Gasteiger partial charge in [-0.15, -0.1) is 6.58 Å². The van der Waals surface area contributed by atoms with Gasteiger partial charge >= 0.3 is 6.18 Å². The maximum atomic E-state index is 12.4. The summed E-state index contributed by atoms with van der Waals surface area (Å²) < 4.78 is 47.3. The lowest BCUT2D eigenvalue weighted by Gasteiger charge is -2.22. The molecule has 0 saturated heterocycles. The summed E-state index contributed by atoms with van der Waals surface area (Å²) >= 11 is 0. The van der Waals surface area contributed by atoms with E-state index in [0.29, 0.717) is 10.7 Å². The molecule has 0 saturated carbocycles. The molecule has 0 aromatic carbocycles. The number of carbonyl (C=O) groups is 1. The number of nitrogens with zero attached hydrogens (tertiary/aromatic N) is 3. The van der Waals surface area contributed by atoms with Crippen molar-refractivity contribution in [2.45, 2.75) is 19.0 Å². The second kappa shape index (κ2) is 7.12. The Morgan fingerprint density at radius 1 is 1.43 bits per heavy atom. The Bertz CT molecular complexity index is 650. The first-order chi connectivity index (χ1) is 10.9. The maximum absolute atomic E-state index is 12.4. The molecule has 0 bridgehead atoms. The fourth-order valence-electron chi connectivity index (χ4n) is 1.86. The summed E-state index contributed by atoms with van der Waals surface area (Å²) in [6.07, 6.45) is -1.91. The summed E-state index contributed by atoms with van der Waals surface area (Å²) in [7, 11) is 0. The first kappa shape index (κ1) is 16.8. The highest BCUT2D eigenvalue weighted by atomic mass is 19.4. The van der Waals surface area contributed by atoms with Gasteiger partial charge in [0.2, 0.25) is 17.6 Å². The molecule has 2 aromatic heterocycles. The largest absolute Gasteiger partial charge is 0.461 e. The predicted molar refractivity (Wildman–Crippen MR) is 73.2 cm³/mol. The van der Waals surface area contributed by atoms with E-state index in [0.717, 1.165) is 0 Å². The second-order valence-electron chi connectivity index (χ2n) is 4.67. The molecular formula is C14H14F3N3O3. The zero-order valence-corrected chi connectivity index (χ0v) is 12.0. The molecule has 0 fully saturated rings. The molecule has 0 N–H and O–H groups in total. The van der Waals surface area contributed by atoms with Gasteiger partial charge in [0, 0.05) is 19.4 Å². The van der Waals surface area contributed by atoms with Crippen LogP contribution >= 0.6 is 0 Å². The molecule has 0 spiro atoms. The van der Waals surface area contributed by atoms with Gasteiger partial charge in [0.1, 0.15) is 6.54 Å². The van der Waals surface area contributed by atoms with Gasteiger partial charge in [-0.2, -0.15) is 18.2 Å². The summed E-state index contributed by atoms with van der Waals surface area (Å²) in [4.78, 5) is 16.6. The van der Waals surface area contributed by atoms with E-state index in [4.69, 9.17) is 8.94 Å². The summed E-state index contributed by atoms with van der Waals surface area (Å²) in [5.41, 5.74) is 0. The fourth-order valence-corrected chi connectivity index (χ4v) is 1.86. The van der Waals surface area contributed by atoms with Gasteiger partial charge in [-0.3, -0.25) is 4.79 Å². The van der Waals surface area contributed by atoms with E-state index >= 15 is 0 Å². The number of aryl methyl sites for hydroxylation is 1. The molecule has 0 aliphatic heterocycles. The minimum atomic E-state index is -4.46. The highest BCUT2D eigenvalue weighted by Gasteiger charge is 2.32. The van der Waals surface area contributed by atoms with Crippen LogP contribution in [0.1, 0.15) is 12.3 Å². The fraction of sp³-hybridized carbons (Fsp3) is 0.357. The highest BCUT2D eigenvalue weighted by molar-refractivity contribution is 5.76. The van der Waals surface area contributed by atoms with Gasteiger partial charge in [0.05, 0.1) is 6.26 Å². The second-order valence-corrected chi connectivity index (χ2v) is 4.67. The van der Waals surface area contributed by atoms with Crippen molar-refractivity contribution in [3.63, 3.8) is 0 Å². The summed E-state index contributed by atoms with van der Waals surface area (Å²) in [6.45, 7) is 1.85. The van der Waals surface area contributed by atoms with Crippen LogP contribution in [-0.2, 0) is 11.2 Å². The van der Waals surface area contributed by atoms with E-state index in [1.807, 2.05) is 0 Å². The quantitative estimate of drug-likeness (QED) is 0.730. The number of halogens is 3. The van der Waals surface area contributed by atoms with Crippen LogP contribution in [0, 0.1) is 0 Å². The molecule has 0 atom stereocenters. The molecule has 124 valence electrons. The van der Waals surface area contributed by atoms with E-state index in [1.165, 1.54) is 12.3 Å². The van der Waals surface area contributed by atoms with Crippen molar-refractivity contribution >= 4 is 5.91 Å². The molecule has 6 nitrogen and oxygen atoms in total. The number of rotatable bonds is 7. The molecule has 0 unspecified atom stereocenters. The van der Waals surface area contributed by atoms with E-state index in [2.05, 4.69) is 16.7 Å². The van der Waals surface area contributed by atoms with Gasteiger partial charge in [0.15, 0.2) is 5.76 Å². The third kappa shape index (κ3) is 4.97. The first-order valence-corrected chi connectivity index (χ1v) is 6.71. The molecule has 23 heavy (non-hydrogen) atoms. The minimum absolute atomic E-state index is 0.0397. The van der Waals surface area contributed by atoms with Crippen molar-refractivity contribution in [1.29, 1.82) is 0 Å². The highest BCUT2D eigenvalue weighted by Crippen LogP contribution is 2.18. The van der Waals surface area contributed by atoms with Crippen LogP contribution in [0.15, 0.2) is 40.0 Å². The number of alkyl halides is 3. The Hall–Kier alpha value is -2.58. The first-order valence-electron chi connectivity index (χ1n) is 6.71. The average molecular weight is 329 g/mol. The molecule has 0 aliphatic carbocycles. The van der Waals surface area contributed by atoms with Crippen molar-refractivity contribution in [3.8, 4) is 11.6 Å². The number of hydrogen-bond donors (Lipinski definition) is 0. The molecule has 9 heteroatoms. The van der Waals surface area contributed by atoms with E-state index < -0.39 is 18.6 Å². The van der Waals surface area contributed by atoms with Crippen LogP contribution in [-0.4, -0.2) is 40.2 Å². The standard InChI is InChI=1S/C14H14F3N3O3/c1-2-7-20(9-14(15,16)17)12(21)6-5-11-18-13(19-23-11)10-4-3-8-22-10/h2-4,8H,1,5-7,9H2. The van der Waals surface area contributed by atoms with Crippen LogP contribution in [0.2, 0.25) is 0 Å². The number of aromatic nitrogens is 2. The Labute approximate surface area is 129 Å². The topological polar surface area (TPSA) is 72.4 Å². The van der Waals surface area contributed by atoms with E-state index in [-0.39, 0.29) is 31.1 Å². The van der Waals surface area contributed by atoms with E-state index in [9.17, 15) is 18.0 Å². The van der Waals surface area contributed by atoms with E-state index in [1.54, 1.807) is 12.1 Å². The number of furan rings is 1. The zero-order valence-electron chi connectivity index (χ0n) is 12.0. The van der Waals surface area contributed by atoms with Crippen LogP contribution in [0.25, 0.3) is 11.6 Å². The van der Waals surface area contributed by atoms with Crippen LogP contribution in [0.4, 0.5) is 13.2 Å². The molecular weight excluding hydrogens is 315 g/mol. The molecule has 2 aromatic rings. The maximum Gasteiger partial charge on any atom is 0.406 e. The van der Waals surface area contributed by atoms with Gasteiger partial charge in [0.25, 0.3) is 0 Å². The summed E-state index contributed by atoms with van der Waals surface area (Å²) in [5.74, 6) is 0.0997. The summed E-state index contributed by atoms with van der Waals surface area (Å²) in [5, 5.41) is 3.68. The van der Waals surface area contributed by atoms with Crippen molar-refractivity contribution in [2.75, 3.05) is 13.1 Å². The van der Waals surface area contributed by atoms with Crippen LogP contribution in [0.5, 0.6) is 0 Å². The van der Waals surface area contributed by atoms with Crippen molar-refractivity contribution in [3.05, 3.63) is 36.9 Å². The Kier molecular flexibility index (Phi) is 5.20. The predicted octanol–water partition coefficient (Wildman–Crippen LogP) is 2.84. The van der Waals surface area contributed by atoms with Gasteiger partial charge in [-0.1, -0.05) is 11.2 Å². The zero-order chi connectivity index (χ0) is 16.9. The average Bonchev–Trinajstić information content (AvgIpc) is 3.13.